The summed E-state index contributed by atoms with van der Waals surface area (Å²) in [5.41, 5.74) is 3.33. The number of carbonyl (C=O) groups excluding carboxylic acids is 1. The van der Waals surface area contributed by atoms with E-state index in [9.17, 15) is 20.2 Å². The number of aromatic nitrogens is 1. The summed E-state index contributed by atoms with van der Waals surface area (Å²) in [5.74, 6) is -0.359. The lowest BCUT2D eigenvalue weighted by Crippen LogP contribution is -2.22. The van der Waals surface area contributed by atoms with Crippen LogP contribution >= 0.6 is 0 Å². The minimum atomic E-state index is -0.445. The molecule has 0 spiro atoms. The van der Waals surface area contributed by atoms with Crippen LogP contribution in [0, 0.1) is 35.3 Å². The topological polar surface area (TPSA) is 92.2 Å². The van der Waals surface area contributed by atoms with Gasteiger partial charge in [0.05, 0.1) is 4.92 Å². The summed E-state index contributed by atoms with van der Waals surface area (Å²) in [6, 6.07) is 10.0. The van der Waals surface area contributed by atoms with Crippen molar-refractivity contribution >= 4 is 17.7 Å². The number of carbonyl (C=O) groups is 1. The number of hydrogen-bond acceptors (Lipinski definition) is 4. The zero-order chi connectivity index (χ0) is 18.7. The first-order valence-electron chi connectivity index (χ1n) is 7.53. The molecule has 0 N–H and O–H groups in total. The maximum atomic E-state index is 12.0. The molecule has 2 aromatic rings. The van der Waals surface area contributed by atoms with Crippen molar-refractivity contribution in [2.24, 2.45) is 0 Å². The van der Waals surface area contributed by atoms with Crippen LogP contribution in [0.5, 0.6) is 0 Å². The number of amides is 1. The van der Waals surface area contributed by atoms with Crippen molar-refractivity contribution in [2.75, 3.05) is 14.1 Å². The first-order chi connectivity index (χ1) is 11.8. The fraction of sp³-hybridized carbons (Fsp3) is 0.222. The minimum Gasteiger partial charge on any atom is -0.344 e. The Morgan fingerprint density at radius 3 is 2.36 bits per heavy atom. The lowest BCUT2D eigenvalue weighted by atomic mass is 10.1. The van der Waals surface area contributed by atoms with E-state index in [-0.39, 0.29) is 17.2 Å². The standard InChI is InChI=1S/C18H18N4O3/c1-12-9-14(10-15(11-19)18(23)20(3)4)13(2)21(12)16-5-7-17(8-6-16)22(24)25/h5-10H,1-4H3/b15-10+. The van der Waals surface area contributed by atoms with E-state index in [1.54, 1.807) is 32.3 Å². The van der Waals surface area contributed by atoms with E-state index in [0.29, 0.717) is 0 Å². The molecule has 0 radical (unpaired) electrons. The molecule has 0 saturated carbocycles. The Morgan fingerprint density at radius 1 is 1.28 bits per heavy atom. The van der Waals surface area contributed by atoms with Crippen molar-refractivity contribution in [2.45, 2.75) is 13.8 Å². The van der Waals surface area contributed by atoms with Gasteiger partial charge in [0.2, 0.25) is 0 Å². The monoisotopic (exact) mass is 338 g/mol. The van der Waals surface area contributed by atoms with E-state index in [0.717, 1.165) is 22.6 Å². The van der Waals surface area contributed by atoms with Crippen LogP contribution < -0.4 is 0 Å². The third-order valence-corrected chi connectivity index (χ3v) is 3.85. The van der Waals surface area contributed by atoms with Crippen molar-refractivity contribution in [1.29, 1.82) is 5.26 Å². The molecule has 0 atom stereocenters. The van der Waals surface area contributed by atoms with E-state index in [1.165, 1.54) is 17.0 Å². The molecule has 0 fully saturated rings. The maximum absolute atomic E-state index is 12.0. The highest BCUT2D eigenvalue weighted by Crippen LogP contribution is 2.24. The van der Waals surface area contributed by atoms with Gasteiger partial charge in [0.25, 0.3) is 11.6 Å². The summed E-state index contributed by atoms with van der Waals surface area (Å²) >= 11 is 0. The maximum Gasteiger partial charge on any atom is 0.269 e. The van der Waals surface area contributed by atoms with Crippen LogP contribution in [-0.2, 0) is 4.79 Å². The van der Waals surface area contributed by atoms with Gasteiger partial charge in [-0.3, -0.25) is 14.9 Å². The second-order valence-electron chi connectivity index (χ2n) is 5.80. The van der Waals surface area contributed by atoms with Crippen LogP contribution in [0.15, 0.2) is 35.9 Å². The zero-order valence-corrected chi connectivity index (χ0v) is 14.5. The largest absolute Gasteiger partial charge is 0.344 e. The molecule has 0 bridgehead atoms. The predicted molar refractivity (Wildman–Crippen MR) is 94.2 cm³/mol. The summed E-state index contributed by atoms with van der Waals surface area (Å²) in [7, 11) is 3.18. The average molecular weight is 338 g/mol. The van der Waals surface area contributed by atoms with Crippen LogP contribution in [0.25, 0.3) is 11.8 Å². The third kappa shape index (κ3) is 3.58. The summed E-state index contributed by atoms with van der Waals surface area (Å²) in [5, 5.41) is 20.0. The van der Waals surface area contributed by atoms with Gasteiger partial charge in [0, 0.05) is 43.3 Å². The Hall–Kier alpha value is -3.40. The molecular formula is C18H18N4O3. The number of non-ortho nitro benzene ring substituents is 1. The van der Waals surface area contributed by atoms with Crippen LogP contribution in [0.4, 0.5) is 5.69 Å². The SMILES string of the molecule is Cc1cc(/C=C(\C#N)C(=O)N(C)C)c(C)n1-c1ccc([N+](=O)[O-])cc1. The second kappa shape index (κ2) is 7.01. The number of benzene rings is 1. The Labute approximate surface area is 145 Å². The third-order valence-electron chi connectivity index (χ3n) is 3.85. The number of nitriles is 1. The Morgan fingerprint density at radius 2 is 1.88 bits per heavy atom. The summed E-state index contributed by atoms with van der Waals surface area (Å²) in [4.78, 5) is 23.7. The van der Waals surface area contributed by atoms with Gasteiger partial charge < -0.3 is 9.47 Å². The molecule has 128 valence electrons. The van der Waals surface area contributed by atoms with E-state index < -0.39 is 4.92 Å². The van der Waals surface area contributed by atoms with Crippen LogP contribution in [0.1, 0.15) is 17.0 Å². The molecular weight excluding hydrogens is 320 g/mol. The first kappa shape index (κ1) is 17.9. The molecule has 1 aromatic carbocycles. The summed E-state index contributed by atoms with van der Waals surface area (Å²) in [6.45, 7) is 3.76. The summed E-state index contributed by atoms with van der Waals surface area (Å²) in [6.07, 6.45) is 1.56. The molecule has 7 nitrogen and oxygen atoms in total. The lowest BCUT2D eigenvalue weighted by molar-refractivity contribution is -0.384. The highest BCUT2D eigenvalue weighted by molar-refractivity contribution is 6.01. The van der Waals surface area contributed by atoms with E-state index in [1.807, 2.05) is 30.6 Å². The normalized spacial score (nSPS) is 11.1. The molecule has 0 aliphatic heterocycles. The molecule has 0 saturated heterocycles. The van der Waals surface area contributed by atoms with Crippen LogP contribution in [0.3, 0.4) is 0 Å². The molecule has 0 unspecified atom stereocenters. The molecule has 1 aromatic heterocycles. The molecule has 0 aliphatic carbocycles. The van der Waals surface area contributed by atoms with Gasteiger partial charge in [0.15, 0.2) is 0 Å². The molecule has 7 heteroatoms. The number of hydrogen-bond donors (Lipinski definition) is 0. The van der Waals surface area contributed by atoms with Crippen molar-refractivity contribution < 1.29 is 9.72 Å². The lowest BCUT2D eigenvalue weighted by Gasteiger charge is -2.10. The zero-order valence-electron chi connectivity index (χ0n) is 14.5. The van der Waals surface area contributed by atoms with Crippen LogP contribution in [-0.4, -0.2) is 34.4 Å². The highest BCUT2D eigenvalue weighted by atomic mass is 16.6. The smallest absolute Gasteiger partial charge is 0.269 e. The number of rotatable bonds is 4. The van der Waals surface area contributed by atoms with Gasteiger partial charge in [-0.15, -0.1) is 0 Å². The molecule has 25 heavy (non-hydrogen) atoms. The fourth-order valence-electron chi connectivity index (χ4n) is 2.59. The van der Waals surface area contributed by atoms with Crippen molar-refractivity contribution in [3.05, 3.63) is 63.0 Å². The minimum absolute atomic E-state index is 0.0228. The predicted octanol–water partition coefficient (Wildman–Crippen LogP) is 3.00. The first-order valence-corrected chi connectivity index (χ1v) is 7.53. The molecule has 0 aliphatic rings. The van der Waals surface area contributed by atoms with Crippen LogP contribution in [0.2, 0.25) is 0 Å². The quantitative estimate of drug-likeness (QED) is 0.371. The Kier molecular flexibility index (Phi) is 5.03. The second-order valence-corrected chi connectivity index (χ2v) is 5.80. The molecule has 1 heterocycles. The van der Waals surface area contributed by atoms with Gasteiger partial charge in [-0.2, -0.15) is 5.26 Å². The number of likely N-dealkylation sites (N-methyl/N-ethyl adjacent to an activating group) is 1. The fourth-order valence-corrected chi connectivity index (χ4v) is 2.59. The molecule has 2 rings (SSSR count). The van der Waals surface area contributed by atoms with Crippen molar-refractivity contribution in [3.63, 3.8) is 0 Å². The van der Waals surface area contributed by atoms with Gasteiger partial charge in [-0.25, -0.2) is 0 Å². The Balaban J connectivity index is 2.50. The van der Waals surface area contributed by atoms with E-state index >= 15 is 0 Å². The number of nitro groups is 1. The Bertz CT molecular complexity index is 900. The molecule has 1 amide bonds. The van der Waals surface area contributed by atoms with E-state index in [2.05, 4.69) is 0 Å². The number of aryl methyl sites for hydroxylation is 1. The number of nitro benzene ring substituents is 1. The summed E-state index contributed by atoms with van der Waals surface area (Å²) < 4.78 is 1.92. The van der Waals surface area contributed by atoms with Crippen molar-refractivity contribution in [3.8, 4) is 11.8 Å². The van der Waals surface area contributed by atoms with E-state index in [4.69, 9.17) is 0 Å². The van der Waals surface area contributed by atoms with Gasteiger partial charge in [-0.1, -0.05) is 0 Å². The van der Waals surface area contributed by atoms with Gasteiger partial charge in [0.1, 0.15) is 11.6 Å². The van der Waals surface area contributed by atoms with Gasteiger partial charge in [-0.05, 0) is 43.7 Å². The van der Waals surface area contributed by atoms with Gasteiger partial charge >= 0.3 is 0 Å². The highest BCUT2D eigenvalue weighted by Gasteiger charge is 2.15. The average Bonchev–Trinajstić information content (AvgIpc) is 2.85. The van der Waals surface area contributed by atoms with Crippen molar-refractivity contribution in [1.82, 2.24) is 9.47 Å². The number of nitrogens with zero attached hydrogens (tertiary/aromatic N) is 4.